The van der Waals surface area contributed by atoms with Gasteiger partial charge in [0.25, 0.3) is 0 Å². The standard InChI is InChI=1S/C14H20FNO3/c1-9-7-10(16)8-11(12(9)15)13(17)19-6-5-14(2,3)18-4/h7-8H,5-6,16H2,1-4H3. The number of anilines is 1. The number of hydrogen-bond donors (Lipinski definition) is 1. The minimum absolute atomic E-state index is 0.132. The first-order valence-corrected chi connectivity index (χ1v) is 6.05. The van der Waals surface area contributed by atoms with E-state index >= 15 is 0 Å². The summed E-state index contributed by atoms with van der Waals surface area (Å²) < 4.78 is 24.0. The molecule has 0 atom stereocenters. The summed E-state index contributed by atoms with van der Waals surface area (Å²) in [7, 11) is 1.59. The molecule has 0 fully saturated rings. The van der Waals surface area contributed by atoms with Crippen molar-refractivity contribution in [3.63, 3.8) is 0 Å². The Bertz CT molecular complexity index is 472. The molecular formula is C14H20FNO3. The van der Waals surface area contributed by atoms with Gasteiger partial charge < -0.3 is 15.2 Å². The van der Waals surface area contributed by atoms with Gasteiger partial charge in [-0.1, -0.05) is 0 Å². The average molecular weight is 269 g/mol. The molecule has 0 bridgehead atoms. The van der Waals surface area contributed by atoms with Crippen molar-refractivity contribution in [2.75, 3.05) is 19.5 Å². The Kier molecular flexibility index (Phi) is 4.89. The van der Waals surface area contributed by atoms with E-state index in [0.29, 0.717) is 17.7 Å². The summed E-state index contributed by atoms with van der Waals surface area (Å²) >= 11 is 0. The Balaban J connectivity index is 2.69. The zero-order valence-corrected chi connectivity index (χ0v) is 11.7. The first-order valence-electron chi connectivity index (χ1n) is 6.05. The van der Waals surface area contributed by atoms with Crippen LogP contribution in [0.5, 0.6) is 0 Å². The number of esters is 1. The lowest BCUT2D eigenvalue weighted by molar-refractivity contribution is -0.00575. The number of benzene rings is 1. The Morgan fingerprint density at radius 3 is 2.63 bits per heavy atom. The Morgan fingerprint density at radius 1 is 1.42 bits per heavy atom. The van der Waals surface area contributed by atoms with Gasteiger partial charge in [0.05, 0.1) is 17.8 Å². The van der Waals surface area contributed by atoms with Crippen molar-refractivity contribution >= 4 is 11.7 Å². The van der Waals surface area contributed by atoms with Gasteiger partial charge >= 0.3 is 5.97 Å². The van der Waals surface area contributed by atoms with Crippen LogP contribution in [0.3, 0.4) is 0 Å². The lowest BCUT2D eigenvalue weighted by atomic mass is 10.1. The summed E-state index contributed by atoms with van der Waals surface area (Å²) in [6.45, 7) is 5.47. The lowest BCUT2D eigenvalue weighted by Gasteiger charge is -2.22. The van der Waals surface area contributed by atoms with Gasteiger partial charge in [0, 0.05) is 19.2 Å². The number of methoxy groups -OCH3 is 1. The molecule has 1 aromatic rings. The summed E-state index contributed by atoms with van der Waals surface area (Å²) in [4.78, 5) is 11.8. The normalized spacial score (nSPS) is 11.4. The molecule has 0 aliphatic rings. The molecule has 19 heavy (non-hydrogen) atoms. The molecule has 0 amide bonds. The van der Waals surface area contributed by atoms with E-state index in [1.807, 2.05) is 13.8 Å². The van der Waals surface area contributed by atoms with Crippen LogP contribution in [0, 0.1) is 12.7 Å². The van der Waals surface area contributed by atoms with Crippen molar-refractivity contribution in [1.29, 1.82) is 0 Å². The molecule has 0 aliphatic heterocycles. The highest BCUT2D eigenvalue weighted by Gasteiger charge is 2.19. The quantitative estimate of drug-likeness (QED) is 0.659. The first kappa shape index (κ1) is 15.4. The minimum Gasteiger partial charge on any atom is -0.462 e. The number of carbonyl (C=O) groups is 1. The third-order valence-corrected chi connectivity index (χ3v) is 2.99. The SMILES string of the molecule is COC(C)(C)CCOC(=O)c1cc(N)cc(C)c1F. The van der Waals surface area contributed by atoms with Crippen LogP contribution in [0.1, 0.15) is 36.2 Å². The van der Waals surface area contributed by atoms with Crippen LogP contribution in [0.15, 0.2) is 12.1 Å². The average Bonchev–Trinajstić information content (AvgIpc) is 2.33. The third-order valence-electron chi connectivity index (χ3n) is 2.99. The number of rotatable bonds is 5. The maximum Gasteiger partial charge on any atom is 0.341 e. The van der Waals surface area contributed by atoms with E-state index < -0.39 is 11.8 Å². The van der Waals surface area contributed by atoms with Crippen molar-refractivity contribution in [1.82, 2.24) is 0 Å². The Labute approximate surface area is 112 Å². The number of carbonyl (C=O) groups excluding carboxylic acids is 1. The molecule has 0 heterocycles. The van der Waals surface area contributed by atoms with Gasteiger partial charge in [-0.2, -0.15) is 0 Å². The highest BCUT2D eigenvalue weighted by Crippen LogP contribution is 2.19. The molecule has 5 heteroatoms. The molecule has 0 aromatic heterocycles. The molecular weight excluding hydrogens is 249 g/mol. The van der Waals surface area contributed by atoms with Crippen LogP contribution < -0.4 is 5.73 Å². The van der Waals surface area contributed by atoms with Gasteiger partial charge in [-0.25, -0.2) is 9.18 Å². The molecule has 1 aromatic carbocycles. The fraction of sp³-hybridized carbons (Fsp3) is 0.500. The monoisotopic (exact) mass is 269 g/mol. The topological polar surface area (TPSA) is 61.5 Å². The smallest absolute Gasteiger partial charge is 0.341 e. The highest BCUT2D eigenvalue weighted by atomic mass is 19.1. The molecule has 106 valence electrons. The predicted octanol–water partition coefficient (Wildman–Crippen LogP) is 2.69. The van der Waals surface area contributed by atoms with Gasteiger partial charge in [-0.05, 0) is 38.5 Å². The number of aryl methyl sites for hydroxylation is 1. The van der Waals surface area contributed by atoms with Gasteiger partial charge in [0.2, 0.25) is 0 Å². The maximum atomic E-state index is 13.8. The van der Waals surface area contributed by atoms with Crippen LogP contribution >= 0.6 is 0 Å². The van der Waals surface area contributed by atoms with E-state index in [1.54, 1.807) is 14.0 Å². The fourth-order valence-corrected chi connectivity index (χ4v) is 1.52. The van der Waals surface area contributed by atoms with Gasteiger partial charge in [0.1, 0.15) is 5.82 Å². The van der Waals surface area contributed by atoms with Crippen LogP contribution in [0.25, 0.3) is 0 Å². The second-order valence-electron chi connectivity index (χ2n) is 5.05. The summed E-state index contributed by atoms with van der Waals surface area (Å²) in [5.74, 6) is -1.30. The van der Waals surface area contributed by atoms with Crippen LogP contribution in [-0.2, 0) is 9.47 Å². The van der Waals surface area contributed by atoms with Crippen molar-refractivity contribution in [2.45, 2.75) is 32.8 Å². The van der Waals surface area contributed by atoms with Crippen molar-refractivity contribution in [3.05, 3.63) is 29.1 Å². The molecule has 0 aliphatic carbocycles. The minimum atomic E-state index is -0.709. The molecule has 0 saturated carbocycles. The van der Waals surface area contributed by atoms with Gasteiger partial charge in [0.15, 0.2) is 0 Å². The van der Waals surface area contributed by atoms with Crippen molar-refractivity contribution in [2.24, 2.45) is 0 Å². The van der Waals surface area contributed by atoms with Crippen molar-refractivity contribution in [3.8, 4) is 0 Å². The fourth-order valence-electron chi connectivity index (χ4n) is 1.52. The second-order valence-corrected chi connectivity index (χ2v) is 5.05. The number of hydrogen-bond acceptors (Lipinski definition) is 4. The van der Waals surface area contributed by atoms with E-state index in [9.17, 15) is 9.18 Å². The number of nitrogens with two attached hydrogens (primary N) is 1. The van der Waals surface area contributed by atoms with Gasteiger partial charge in [-0.3, -0.25) is 0 Å². The summed E-state index contributed by atoms with van der Waals surface area (Å²) in [6, 6.07) is 2.76. The molecule has 0 spiro atoms. The first-order chi connectivity index (χ1) is 8.76. The number of halogens is 1. The third kappa shape index (κ3) is 4.21. The Morgan fingerprint density at radius 2 is 2.05 bits per heavy atom. The molecule has 1 rings (SSSR count). The molecule has 4 nitrogen and oxygen atoms in total. The largest absolute Gasteiger partial charge is 0.462 e. The van der Waals surface area contributed by atoms with E-state index in [4.69, 9.17) is 15.2 Å². The zero-order valence-electron chi connectivity index (χ0n) is 11.7. The maximum absolute atomic E-state index is 13.8. The molecule has 0 radical (unpaired) electrons. The number of ether oxygens (including phenoxy) is 2. The van der Waals surface area contributed by atoms with Crippen molar-refractivity contribution < 1.29 is 18.7 Å². The van der Waals surface area contributed by atoms with E-state index in [0.717, 1.165) is 0 Å². The summed E-state index contributed by atoms with van der Waals surface area (Å²) in [5, 5.41) is 0. The summed E-state index contributed by atoms with van der Waals surface area (Å²) in [6.07, 6.45) is 0.526. The van der Waals surface area contributed by atoms with Crippen LogP contribution in [-0.4, -0.2) is 25.3 Å². The molecule has 0 saturated heterocycles. The number of nitrogen functional groups attached to an aromatic ring is 1. The second kappa shape index (κ2) is 6.02. The lowest BCUT2D eigenvalue weighted by Crippen LogP contribution is -2.25. The highest BCUT2D eigenvalue weighted by molar-refractivity contribution is 5.91. The molecule has 0 unspecified atom stereocenters. The van der Waals surface area contributed by atoms with E-state index in [-0.39, 0.29) is 17.8 Å². The van der Waals surface area contributed by atoms with E-state index in [1.165, 1.54) is 12.1 Å². The zero-order chi connectivity index (χ0) is 14.6. The van der Waals surface area contributed by atoms with Crippen LogP contribution in [0.2, 0.25) is 0 Å². The van der Waals surface area contributed by atoms with E-state index in [2.05, 4.69) is 0 Å². The molecule has 2 N–H and O–H groups in total. The Hall–Kier alpha value is -1.62. The van der Waals surface area contributed by atoms with Gasteiger partial charge in [-0.15, -0.1) is 0 Å². The van der Waals surface area contributed by atoms with Crippen LogP contribution in [0.4, 0.5) is 10.1 Å². The summed E-state index contributed by atoms with van der Waals surface area (Å²) in [5.41, 5.74) is 5.73. The predicted molar refractivity (Wildman–Crippen MR) is 71.5 cm³/mol.